The second-order valence-electron chi connectivity index (χ2n) is 6.26. The summed E-state index contributed by atoms with van der Waals surface area (Å²) in [5.41, 5.74) is 2.76. The van der Waals surface area contributed by atoms with Crippen LogP contribution in [0.25, 0.3) is 0 Å². The molecule has 1 N–H and O–H groups in total. The molecular formula is C22H20N2O2S. The van der Waals surface area contributed by atoms with Gasteiger partial charge < -0.3 is 10.1 Å². The van der Waals surface area contributed by atoms with Gasteiger partial charge in [-0.15, -0.1) is 11.3 Å². The van der Waals surface area contributed by atoms with Crippen LogP contribution in [0.15, 0.2) is 66.0 Å². The van der Waals surface area contributed by atoms with E-state index >= 15 is 0 Å². The van der Waals surface area contributed by atoms with Gasteiger partial charge in [0.25, 0.3) is 5.91 Å². The minimum absolute atomic E-state index is 0.196. The summed E-state index contributed by atoms with van der Waals surface area (Å²) < 4.78 is 5.73. The van der Waals surface area contributed by atoms with Gasteiger partial charge in [-0.05, 0) is 55.1 Å². The molecule has 3 rings (SSSR count). The summed E-state index contributed by atoms with van der Waals surface area (Å²) >= 11 is 1.61. The molecule has 3 aromatic rings. The Morgan fingerprint density at radius 1 is 1.11 bits per heavy atom. The largest absolute Gasteiger partial charge is 0.481 e. The van der Waals surface area contributed by atoms with Crippen molar-refractivity contribution in [1.29, 1.82) is 5.26 Å². The number of carbonyl (C=O) groups is 1. The highest BCUT2D eigenvalue weighted by molar-refractivity contribution is 7.10. The third kappa shape index (κ3) is 4.75. The first kappa shape index (κ1) is 18.7. The Bertz CT molecular complexity index is 926. The van der Waals surface area contributed by atoms with Crippen molar-refractivity contribution in [2.24, 2.45) is 0 Å². The standard InChI is InChI=1S/C22H20N2O2S/c1-15-5-9-18(10-6-15)21(20-4-3-13-27-20)24-22(25)16(2)26-19-11-7-17(14-23)8-12-19/h3-13,16,21H,1-2H3,(H,24,25)/t16-,21-/m1/s1. The Hall–Kier alpha value is -3.10. The van der Waals surface area contributed by atoms with Crippen LogP contribution in [0.3, 0.4) is 0 Å². The van der Waals surface area contributed by atoms with Gasteiger partial charge >= 0.3 is 0 Å². The first-order valence-electron chi connectivity index (χ1n) is 8.64. The Morgan fingerprint density at radius 2 is 1.81 bits per heavy atom. The molecule has 0 fully saturated rings. The monoisotopic (exact) mass is 376 g/mol. The Morgan fingerprint density at radius 3 is 2.41 bits per heavy atom. The van der Waals surface area contributed by atoms with Gasteiger partial charge in [-0.2, -0.15) is 5.26 Å². The molecule has 27 heavy (non-hydrogen) atoms. The molecule has 0 unspecified atom stereocenters. The van der Waals surface area contributed by atoms with Crippen molar-refractivity contribution in [3.8, 4) is 11.8 Å². The van der Waals surface area contributed by atoms with Gasteiger partial charge in [0.2, 0.25) is 0 Å². The van der Waals surface area contributed by atoms with Crippen molar-refractivity contribution in [2.75, 3.05) is 0 Å². The first-order valence-corrected chi connectivity index (χ1v) is 9.52. The van der Waals surface area contributed by atoms with E-state index in [2.05, 4.69) is 11.4 Å². The van der Waals surface area contributed by atoms with Crippen LogP contribution in [-0.2, 0) is 4.79 Å². The number of benzene rings is 2. The van der Waals surface area contributed by atoms with E-state index in [-0.39, 0.29) is 11.9 Å². The second-order valence-corrected chi connectivity index (χ2v) is 7.24. The molecule has 2 aromatic carbocycles. The van der Waals surface area contributed by atoms with Crippen molar-refractivity contribution in [2.45, 2.75) is 26.0 Å². The van der Waals surface area contributed by atoms with E-state index in [1.807, 2.05) is 48.7 Å². The van der Waals surface area contributed by atoms with Crippen molar-refractivity contribution in [3.05, 3.63) is 87.6 Å². The van der Waals surface area contributed by atoms with Crippen molar-refractivity contribution in [1.82, 2.24) is 5.32 Å². The summed E-state index contributed by atoms with van der Waals surface area (Å²) in [6.07, 6.45) is -0.661. The van der Waals surface area contributed by atoms with Crippen LogP contribution in [0.2, 0.25) is 0 Å². The van der Waals surface area contributed by atoms with Crippen LogP contribution in [-0.4, -0.2) is 12.0 Å². The predicted molar refractivity (Wildman–Crippen MR) is 107 cm³/mol. The van der Waals surface area contributed by atoms with Gasteiger partial charge in [0.15, 0.2) is 6.10 Å². The van der Waals surface area contributed by atoms with Gasteiger partial charge in [-0.3, -0.25) is 4.79 Å². The topological polar surface area (TPSA) is 62.1 Å². The Balaban J connectivity index is 1.73. The number of carbonyl (C=O) groups excluding carboxylic acids is 1. The van der Waals surface area contributed by atoms with Gasteiger partial charge in [0.1, 0.15) is 5.75 Å². The van der Waals surface area contributed by atoms with E-state index in [1.165, 1.54) is 5.56 Å². The highest BCUT2D eigenvalue weighted by atomic mass is 32.1. The Kier molecular flexibility index (Phi) is 5.90. The van der Waals surface area contributed by atoms with E-state index < -0.39 is 6.10 Å². The fourth-order valence-electron chi connectivity index (χ4n) is 2.66. The lowest BCUT2D eigenvalue weighted by Crippen LogP contribution is -2.38. The van der Waals surface area contributed by atoms with Crippen LogP contribution in [0.1, 0.15) is 34.5 Å². The smallest absolute Gasteiger partial charge is 0.261 e. The minimum atomic E-state index is -0.661. The second kappa shape index (κ2) is 8.52. The van der Waals surface area contributed by atoms with Crippen LogP contribution in [0.5, 0.6) is 5.75 Å². The quantitative estimate of drug-likeness (QED) is 0.684. The molecule has 1 heterocycles. The number of aryl methyl sites for hydroxylation is 1. The molecule has 0 aliphatic carbocycles. The van der Waals surface area contributed by atoms with Crippen LogP contribution in [0, 0.1) is 18.3 Å². The molecule has 0 saturated heterocycles. The lowest BCUT2D eigenvalue weighted by atomic mass is 10.0. The molecule has 1 amide bonds. The third-order valence-electron chi connectivity index (χ3n) is 4.19. The molecule has 0 bridgehead atoms. The lowest BCUT2D eigenvalue weighted by molar-refractivity contribution is -0.127. The minimum Gasteiger partial charge on any atom is -0.481 e. The number of rotatable bonds is 6. The van der Waals surface area contributed by atoms with Crippen molar-refractivity contribution >= 4 is 17.2 Å². The Labute approximate surface area is 163 Å². The summed E-state index contributed by atoms with van der Waals surface area (Å²) in [5.74, 6) is 0.359. The maximum atomic E-state index is 12.7. The molecule has 2 atom stereocenters. The summed E-state index contributed by atoms with van der Waals surface area (Å²) in [7, 11) is 0. The van der Waals surface area contributed by atoms with Crippen LogP contribution in [0.4, 0.5) is 0 Å². The zero-order chi connectivity index (χ0) is 19.2. The average molecular weight is 376 g/mol. The van der Waals surface area contributed by atoms with E-state index in [4.69, 9.17) is 10.00 Å². The van der Waals surface area contributed by atoms with E-state index in [0.717, 1.165) is 10.4 Å². The molecular weight excluding hydrogens is 356 g/mol. The number of hydrogen-bond acceptors (Lipinski definition) is 4. The zero-order valence-corrected chi connectivity index (χ0v) is 16.0. The highest BCUT2D eigenvalue weighted by Gasteiger charge is 2.22. The number of amides is 1. The molecule has 0 saturated carbocycles. The molecule has 5 heteroatoms. The van der Waals surface area contributed by atoms with Crippen LogP contribution >= 0.6 is 11.3 Å². The number of ether oxygens (including phenoxy) is 1. The summed E-state index contributed by atoms with van der Waals surface area (Å²) in [4.78, 5) is 13.8. The number of thiophene rings is 1. The molecule has 0 radical (unpaired) electrons. The lowest BCUT2D eigenvalue weighted by Gasteiger charge is -2.21. The van der Waals surface area contributed by atoms with Gasteiger partial charge in [-0.25, -0.2) is 0 Å². The van der Waals surface area contributed by atoms with Gasteiger partial charge in [0.05, 0.1) is 17.7 Å². The zero-order valence-electron chi connectivity index (χ0n) is 15.2. The predicted octanol–water partition coefficient (Wildman–Crippen LogP) is 4.60. The first-order chi connectivity index (χ1) is 13.1. The van der Waals surface area contributed by atoms with Crippen LogP contribution < -0.4 is 10.1 Å². The summed E-state index contributed by atoms with van der Waals surface area (Å²) in [6, 6.07) is 20.7. The SMILES string of the molecule is Cc1ccc([C@@H](NC(=O)[C@@H](C)Oc2ccc(C#N)cc2)c2cccs2)cc1. The number of hydrogen-bond donors (Lipinski definition) is 1. The molecule has 4 nitrogen and oxygen atoms in total. The van der Waals surface area contributed by atoms with Gasteiger partial charge in [0, 0.05) is 4.88 Å². The third-order valence-corrected chi connectivity index (χ3v) is 5.13. The fourth-order valence-corrected chi connectivity index (χ4v) is 3.46. The van der Waals surface area contributed by atoms with E-state index in [9.17, 15) is 4.79 Å². The number of nitriles is 1. The average Bonchev–Trinajstić information content (AvgIpc) is 3.22. The summed E-state index contributed by atoms with van der Waals surface area (Å²) in [5, 5.41) is 14.0. The maximum Gasteiger partial charge on any atom is 0.261 e. The normalized spacial score (nSPS) is 12.6. The fraction of sp³-hybridized carbons (Fsp3) is 0.182. The molecule has 0 spiro atoms. The molecule has 136 valence electrons. The number of nitrogens with one attached hydrogen (secondary N) is 1. The maximum absolute atomic E-state index is 12.7. The van der Waals surface area contributed by atoms with Gasteiger partial charge in [-0.1, -0.05) is 35.9 Å². The highest BCUT2D eigenvalue weighted by Crippen LogP contribution is 2.26. The van der Waals surface area contributed by atoms with E-state index in [0.29, 0.717) is 11.3 Å². The number of nitrogens with zero attached hydrogens (tertiary/aromatic N) is 1. The summed E-state index contributed by atoms with van der Waals surface area (Å²) in [6.45, 7) is 3.75. The van der Waals surface area contributed by atoms with E-state index in [1.54, 1.807) is 42.5 Å². The molecule has 0 aliphatic heterocycles. The molecule has 1 aromatic heterocycles. The molecule has 0 aliphatic rings. The van der Waals surface area contributed by atoms with Crippen molar-refractivity contribution in [3.63, 3.8) is 0 Å². The van der Waals surface area contributed by atoms with Crippen molar-refractivity contribution < 1.29 is 9.53 Å².